The summed E-state index contributed by atoms with van der Waals surface area (Å²) in [5.41, 5.74) is 4.35. The van der Waals surface area contributed by atoms with E-state index in [2.05, 4.69) is 34.4 Å². The van der Waals surface area contributed by atoms with Crippen LogP contribution in [0.5, 0.6) is 0 Å². The lowest BCUT2D eigenvalue weighted by atomic mass is 10.2. The fraction of sp³-hybridized carbons (Fsp3) is 0. The lowest BCUT2D eigenvalue weighted by Gasteiger charge is -2.11. The number of hydrogen-bond acceptors (Lipinski definition) is 2. The summed E-state index contributed by atoms with van der Waals surface area (Å²) >= 11 is 0. The van der Waals surface area contributed by atoms with E-state index in [9.17, 15) is 9.59 Å². The van der Waals surface area contributed by atoms with Crippen molar-refractivity contribution in [3.8, 4) is 0 Å². The molecule has 0 spiro atoms. The largest absolute Gasteiger partial charge is 0.323 e. The number of rotatable bonds is 6. The molecule has 150 valence electrons. The summed E-state index contributed by atoms with van der Waals surface area (Å²) in [6, 6.07) is 20.7. The fourth-order valence-electron chi connectivity index (χ4n) is 2.67. The normalized spacial score (nSPS) is 9.87. The zero-order valence-corrected chi connectivity index (χ0v) is 16.3. The average molecular weight is 398 g/mol. The Kier molecular flexibility index (Phi) is 6.63. The topological polar surface area (TPSA) is 82.3 Å². The van der Waals surface area contributed by atoms with Crippen molar-refractivity contribution in [2.45, 2.75) is 0 Å². The molecule has 6 nitrogen and oxygen atoms in total. The van der Waals surface area contributed by atoms with Gasteiger partial charge >= 0.3 is 12.1 Å². The SMILES string of the molecule is C=Cc1ccc(NC(=O)Nc2cccc(NC(=O)Nc3ccc(C=C)cc3)c2)cc1. The van der Waals surface area contributed by atoms with Crippen molar-refractivity contribution < 1.29 is 9.59 Å². The van der Waals surface area contributed by atoms with Crippen LogP contribution in [0.4, 0.5) is 32.3 Å². The molecule has 6 heteroatoms. The third kappa shape index (κ3) is 5.84. The van der Waals surface area contributed by atoms with Gasteiger partial charge in [-0.15, -0.1) is 0 Å². The number of benzene rings is 3. The molecule has 3 aromatic rings. The van der Waals surface area contributed by atoms with E-state index in [0.29, 0.717) is 22.7 Å². The second-order valence-corrected chi connectivity index (χ2v) is 6.39. The van der Waals surface area contributed by atoms with E-state index in [-0.39, 0.29) is 12.1 Å². The molecular weight excluding hydrogens is 376 g/mol. The van der Waals surface area contributed by atoms with Gasteiger partial charge in [-0.25, -0.2) is 9.59 Å². The smallest absolute Gasteiger partial charge is 0.308 e. The summed E-state index contributed by atoms with van der Waals surface area (Å²) < 4.78 is 0. The molecule has 4 amide bonds. The Hall–Kier alpha value is -4.32. The third-order valence-corrected chi connectivity index (χ3v) is 4.19. The van der Waals surface area contributed by atoms with Crippen molar-refractivity contribution in [3.63, 3.8) is 0 Å². The standard InChI is InChI=1S/C24H22N4O2/c1-3-17-8-12-19(13-9-17)25-23(29)27-21-6-5-7-22(16-21)28-24(30)26-20-14-10-18(4-2)11-15-20/h3-16H,1-2H2,(H2,25,27,29)(H2,26,28,30). The van der Waals surface area contributed by atoms with Crippen LogP contribution in [0.1, 0.15) is 11.1 Å². The van der Waals surface area contributed by atoms with Crippen molar-refractivity contribution in [3.05, 3.63) is 97.1 Å². The van der Waals surface area contributed by atoms with Gasteiger partial charge in [0, 0.05) is 22.7 Å². The summed E-state index contributed by atoms with van der Waals surface area (Å²) in [5, 5.41) is 11.0. The van der Waals surface area contributed by atoms with E-state index in [1.165, 1.54) is 0 Å². The second-order valence-electron chi connectivity index (χ2n) is 6.39. The minimum absolute atomic E-state index is 0.384. The molecule has 3 aromatic carbocycles. The number of carbonyl (C=O) groups is 2. The Labute approximate surface area is 175 Å². The molecule has 0 saturated heterocycles. The van der Waals surface area contributed by atoms with Gasteiger partial charge in [0.2, 0.25) is 0 Å². The lowest BCUT2D eigenvalue weighted by molar-refractivity contribution is 0.261. The minimum atomic E-state index is -0.384. The molecule has 0 radical (unpaired) electrons. The zero-order chi connectivity index (χ0) is 21.3. The van der Waals surface area contributed by atoms with Crippen LogP contribution >= 0.6 is 0 Å². The summed E-state index contributed by atoms with van der Waals surface area (Å²) in [6.45, 7) is 7.40. The predicted molar refractivity (Wildman–Crippen MR) is 125 cm³/mol. The fourth-order valence-corrected chi connectivity index (χ4v) is 2.67. The molecule has 0 fully saturated rings. The van der Waals surface area contributed by atoms with Gasteiger partial charge < -0.3 is 21.3 Å². The van der Waals surface area contributed by atoms with E-state index in [1.807, 2.05) is 24.3 Å². The molecule has 30 heavy (non-hydrogen) atoms. The van der Waals surface area contributed by atoms with E-state index >= 15 is 0 Å². The minimum Gasteiger partial charge on any atom is -0.308 e. The molecule has 0 bridgehead atoms. The molecule has 0 aliphatic heterocycles. The molecule has 4 N–H and O–H groups in total. The maximum absolute atomic E-state index is 12.2. The highest BCUT2D eigenvalue weighted by molar-refractivity contribution is 6.02. The lowest BCUT2D eigenvalue weighted by Crippen LogP contribution is -2.21. The van der Waals surface area contributed by atoms with Gasteiger partial charge in [0.1, 0.15) is 0 Å². The van der Waals surface area contributed by atoms with Crippen LogP contribution < -0.4 is 21.3 Å². The van der Waals surface area contributed by atoms with Gasteiger partial charge in [0.25, 0.3) is 0 Å². The highest BCUT2D eigenvalue weighted by Crippen LogP contribution is 2.17. The molecule has 3 rings (SSSR count). The van der Waals surface area contributed by atoms with Crippen molar-refractivity contribution >= 4 is 47.0 Å². The quantitative estimate of drug-likeness (QED) is 0.395. The summed E-state index contributed by atoms with van der Waals surface area (Å²) in [4.78, 5) is 24.4. The molecular formula is C24H22N4O2. The molecule has 0 unspecified atom stereocenters. The number of hydrogen-bond donors (Lipinski definition) is 4. The Balaban J connectivity index is 1.56. The van der Waals surface area contributed by atoms with Gasteiger partial charge in [-0.2, -0.15) is 0 Å². The van der Waals surface area contributed by atoms with Gasteiger partial charge in [-0.3, -0.25) is 0 Å². The van der Waals surface area contributed by atoms with Gasteiger partial charge in [0.05, 0.1) is 0 Å². The third-order valence-electron chi connectivity index (χ3n) is 4.19. The molecule has 0 aliphatic rings. The molecule has 0 aliphatic carbocycles. The van der Waals surface area contributed by atoms with Crippen LogP contribution in [0.25, 0.3) is 12.2 Å². The first-order chi connectivity index (χ1) is 14.6. The monoisotopic (exact) mass is 398 g/mol. The Morgan fingerprint density at radius 3 is 1.30 bits per heavy atom. The predicted octanol–water partition coefficient (Wildman–Crippen LogP) is 6.26. The Morgan fingerprint density at radius 2 is 0.933 bits per heavy atom. The number of anilines is 4. The van der Waals surface area contributed by atoms with Crippen LogP contribution in [0.2, 0.25) is 0 Å². The molecule has 0 heterocycles. The van der Waals surface area contributed by atoms with E-state index in [0.717, 1.165) is 11.1 Å². The molecule has 0 saturated carbocycles. The van der Waals surface area contributed by atoms with Crippen molar-refractivity contribution in [2.75, 3.05) is 21.3 Å². The number of urea groups is 2. The first kappa shape index (κ1) is 20.4. The maximum Gasteiger partial charge on any atom is 0.323 e. The van der Waals surface area contributed by atoms with Gasteiger partial charge in [-0.05, 0) is 53.6 Å². The summed E-state index contributed by atoms with van der Waals surface area (Å²) in [5.74, 6) is 0. The Morgan fingerprint density at radius 1 is 0.567 bits per heavy atom. The number of carbonyl (C=O) groups excluding carboxylic acids is 2. The van der Waals surface area contributed by atoms with Gasteiger partial charge in [0.15, 0.2) is 0 Å². The number of nitrogens with one attached hydrogen (secondary N) is 4. The number of amides is 4. The second kappa shape index (κ2) is 9.75. The highest BCUT2D eigenvalue weighted by atomic mass is 16.2. The zero-order valence-electron chi connectivity index (χ0n) is 16.3. The van der Waals surface area contributed by atoms with E-state index in [4.69, 9.17) is 0 Å². The van der Waals surface area contributed by atoms with Crippen LogP contribution in [0, 0.1) is 0 Å². The van der Waals surface area contributed by atoms with E-state index < -0.39 is 0 Å². The maximum atomic E-state index is 12.2. The van der Waals surface area contributed by atoms with Crippen LogP contribution in [-0.2, 0) is 0 Å². The van der Waals surface area contributed by atoms with E-state index in [1.54, 1.807) is 60.7 Å². The first-order valence-electron chi connectivity index (χ1n) is 9.27. The summed E-state index contributed by atoms with van der Waals surface area (Å²) in [6.07, 6.45) is 3.46. The summed E-state index contributed by atoms with van der Waals surface area (Å²) in [7, 11) is 0. The van der Waals surface area contributed by atoms with Crippen LogP contribution in [0.3, 0.4) is 0 Å². The first-order valence-corrected chi connectivity index (χ1v) is 9.27. The van der Waals surface area contributed by atoms with Crippen molar-refractivity contribution in [1.82, 2.24) is 0 Å². The van der Waals surface area contributed by atoms with Gasteiger partial charge in [-0.1, -0.05) is 55.6 Å². The molecule has 0 atom stereocenters. The van der Waals surface area contributed by atoms with Crippen LogP contribution in [-0.4, -0.2) is 12.1 Å². The van der Waals surface area contributed by atoms with Crippen LogP contribution in [0.15, 0.2) is 86.0 Å². The molecule has 0 aromatic heterocycles. The average Bonchev–Trinajstić information content (AvgIpc) is 2.75. The van der Waals surface area contributed by atoms with Crippen molar-refractivity contribution in [1.29, 1.82) is 0 Å². The highest BCUT2D eigenvalue weighted by Gasteiger charge is 2.06. The Bertz CT molecular complexity index is 975. The van der Waals surface area contributed by atoms with Crippen molar-refractivity contribution in [2.24, 2.45) is 0 Å².